The van der Waals surface area contributed by atoms with E-state index in [1.165, 1.54) is 17.8 Å². The number of rotatable bonds is 5. The third-order valence-corrected chi connectivity index (χ3v) is 3.55. The average Bonchev–Trinajstić information content (AvgIpc) is 2.30. The number of nitrogens with one attached hydrogen (secondary N) is 1. The molecule has 0 bridgehead atoms. The zero-order chi connectivity index (χ0) is 13.8. The lowest BCUT2D eigenvalue weighted by atomic mass is 10.1. The second-order valence-electron chi connectivity index (χ2n) is 4.56. The minimum Gasteiger partial charge on any atom is -0.508 e. The van der Waals surface area contributed by atoms with E-state index in [1.54, 1.807) is 26.0 Å². The summed E-state index contributed by atoms with van der Waals surface area (Å²) >= 11 is 1.52. The fraction of sp³-hybridized carbons (Fsp3) is 0.462. The number of carbonyl (C=O) groups excluding carboxylic acids is 1. The maximum absolute atomic E-state index is 11.9. The van der Waals surface area contributed by atoms with Gasteiger partial charge in [0.2, 0.25) is 0 Å². The maximum atomic E-state index is 11.9. The highest BCUT2D eigenvalue weighted by Gasteiger charge is 2.21. The van der Waals surface area contributed by atoms with E-state index in [0.717, 1.165) is 0 Å². The van der Waals surface area contributed by atoms with E-state index >= 15 is 0 Å². The molecule has 0 aliphatic heterocycles. The van der Waals surface area contributed by atoms with E-state index < -0.39 is 5.60 Å². The SMILES string of the molecule is CSCC(C)(O)CNC(=O)c1cccc(O)c1C. The molecule has 0 spiro atoms. The Kier molecular flexibility index (Phi) is 5.04. The Morgan fingerprint density at radius 3 is 2.78 bits per heavy atom. The van der Waals surface area contributed by atoms with E-state index in [-0.39, 0.29) is 18.2 Å². The molecular formula is C13H19NO3S. The first-order valence-electron chi connectivity index (χ1n) is 5.65. The van der Waals surface area contributed by atoms with Crippen LogP contribution in [0.2, 0.25) is 0 Å². The summed E-state index contributed by atoms with van der Waals surface area (Å²) in [5.41, 5.74) is 0.0363. The predicted octanol–water partition coefficient (Wildman–Crippen LogP) is 1.54. The zero-order valence-corrected chi connectivity index (χ0v) is 11.7. The predicted molar refractivity (Wildman–Crippen MR) is 74.2 cm³/mol. The third kappa shape index (κ3) is 3.92. The lowest BCUT2D eigenvalue weighted by molar-refractivity contribution is 0.0724. The van der Waals surface area contributed by atoms with Crippen LogP contribution in [0.3, 0.4) is 0 Å². The molecule has 0 saturated carbocycles. The van der Waals surface area contributed by atoms with Gasteiger partial charge in [0.05, 0.1) is 5.60 Å². The highest BCUT2D eigenvalue weighted by atomic mass is 32.2. The van der Waals surface area contributed by atoms with Crippen molar-refractivity contribution in [1.82, 2.24) is 5.32 Å². The van der Waals surface area contributed by atoms with Crippen LogP contribution in [0.15, 0.2) is 18.2 Å². The highest BCUT2D eigenvalue weighted by Crippen LogP contribution is 2.19. The van der Waals surface area contributed by atoms with Gasteiger partial charge in [-0.2, -0.15) is 11.8 Å². The maximum Gasteiger partial charge on any atom is 0.251 e. The van der Waals surface area contributed by atoms with Crippen molar-refractivity contribution >= 4 is 17.7 Å². The molecule has 5 heteroatoms. The monoisotopic (exact) mass is 269 g/mol. The number of phenolic OH excluding ortho intramolecular Hbond substituents is 1. The number of carbonyl (C=O) groups is 1. The number of amides is 1. The smallest absolute Gasteiger partial charge is 0.251 e. The summed E-state index contributed by atoms with van der Waals surface area (Å²) in [6, 6.07) is 4.81. The van der Waals surface area contributed by atoms with Crippen molar-refractivity contribution in [3.63, 3.8) is 0 Å². The van der Waals surface area contributed by atoms with Crippen LogP contribution in [0, 0.1) is 6.92 Å². The summed E-state index contributed by atoms with van der Waals surface area (Å²) in [5, 5.41) is 22.2. The molecule has 0 aromatic heterocycles. The summed E-state index contributed by atoms with van der Waals surface area (Å²) in [7, 11) is 0. The molecule has 0 saturated heterocycles. The highest BCUT2D eigenvalue weighted by molar-refractivity contribution is 7.98. The van der Waals surface area contributed by atoms with Crippen LogP contribution in [-0.2, 0) is 0 Å². The molecule has 0 aliphatic rings. The zero-order valence-electron chi connectivity index (χ0n) is 10.9. The standard InChI is InChI=1S/C13H19NO3S/c1-9-10(5-4-6-11(9)15)12(16)14-7-13(2,17)8-18-3/h4-6,15,17H,7-8H2,1-3H3,(H,14,16). The van der Waals surface area contributed by atoms with Crippen molar-refractivity contribution in [3.05, 3.63) is 29.3 Å². The second-order valence-corrected chi connectivity index (χ2v) is 5.43. The molecule has 0 heterocycles. The molecule has 0 fully saturated rings. The largest absolute Gasteiger partial charge is 0.508 e. The van der Waals surface area contributed by atoms with Crippen molar-refractivity contribution in [2.24, 2.45) is 0 Å². The number of phenols is 1. The van der Waals surface area contributed by atoms with Gasteiger partial charge in [-0.15, -0.1) is 0 Å². The first kappa shape index (κ1) is 14.9. The molecule has 1 atom stereocenters. The first-order chi connectivity index (χ1) is 8.37. The first-order valence-corrected chi connectivity index (χ1v) is 7.05. The topological polar surface area (TPSA) is 69.6 Å². The van der Waals surface area contributed by atoms with Crippen LogP contribution in [-0.4, -0.2) is 40.3 Å². The molecule has 1 aromatic carbocycles. The molecule has 4 nitrogen and oxygen atoms in total. The molecule has 1 rings (SSSR count). The summed E-state index contributed by atoms with van der Waals surface area (Å²) in [4.78, 5) is 11.9. The van der Waals surface area contributed by atoms with Gasteiger partial charge in [0, 0.05) is 23.4 Å². The third-order valence-electron chi connectivity index (χ3n) is 2.63. The van der Waals surface area contributed by atoms with Gasteiger partial charge in [-0.3, -0.25) is 4.79 Å². The number of aliphatic hydroxyl groups is 1. The minimum atomic E-state index is -0.931. The van der Waals surface area contributed by atoms with Crippen LogP contribution in [0.25, 0.3) is 0 Å². The molecule has 0 aliphatic carbocycles. The van der Waals surface area contributed by atoms with Gasteiger partial charge in [0.25, 0.3) is 5.91 Å². The quantitative estimate of drug-likeness (QED) is 0.758. The second kappa shape index (κ2) is 6.11. The van der Waals surface area contributed by atoms with Gasteiger partial charge in [-0.25, -0.2) is 0 Å². The number of thioether (sulfide) groups is 1. The van der Waals surface area contributed by atoms with Gasteiger partial charge < -0.3 is 15.5 Å². The van der Waals surface area contributed by atoms with Crippen LogP contribution >= 0.6 is 11.8 Å². The Morgan fingerprint density at radius 2 is 2.17 bits per heavy atom. The Balaban J connectivity index is 2.69. The average molecular weight is 269 g/mol. The van der Waals surface area contributed by atoms with Crippen LogP contribution in [0.5, 0.6) is 5.75 Å². The molecular weight excluding hydrogens is 250 g/mol. The molecule has 1 amide bonds. The number of aromatic hydroxyl groups is 1. The lowest BCUT2D eigenvalue weighted by Gasteiger charge is -2.22. The van der Waals surface area contributed by atoms with E-state index in [2.05, 4.69) is 5.32 Å². The number of hydrogen-bond donors (Lipinski definition) is 3. The fourth-order valence-electron chi connectivity index (χ4n) is 1.60. The van der Waals surface area contributed by atoms with Gasteiger partial charge in [-0.05, 0) is 32.2 Å². The summed E-state index contributed by atoms with van der Waals surface area (Å²) in [5.74, 6) is 0.357. The molecule has 1 unspecified atom stereocenters. The van der Waals surface area contributed by atoms with Crippen molar-refractivity contribution < 1.29 is 15.0 Å². The van der Waals surface area contributed by atoms with Gasteiger partial charge in [0.15, 0.2) is 0 Å². The lowest BCUT2D eigenvalue weighted by Crippen LogP contribution is -2.42. The molecule has 18 heavy (non-hydrogen) atoms. The Labute approximate surface area is 111 Å². The van der Waals surface area contributed by atoms with Crippen LogP contribution in [0.1, 0.15) is 22.8 Å². The van der Waals surface area contributed by atoms with E-state index in [1.807, 2.05) is 6.26 Å². The Hall–Kier alpha value is -1.20. The van der Waals surface area contributed by atoms with E-state index in [0.29, 0.717) is 16.9 Å². The minimum absolute atomic E-state index is 0.0959. The van der Waals surface area contributed by atoms with Crippen molar-refractivity contribution in [2.45, 2.75) is 19.4 Å². The molecule has 3 N–H and O–H groups in total. The van der Waals surface area contributed by atoms with Crippen molar-refractivity contribution in [2.75, 3.05) is 18.6 Å². The summed E-state index contributed by atoms with van der Waals surface area (Å²) < 4.78 is 0. The van der Waals surface area contributed by atoms with Crippen molar-refractivity contribution in [3.8, 4) is 5.75 Å². The Morgan fingerprint density at radius 1 is 1.50 bits per heavy atom. The number of benzene rings is 1. The van der Waals surface area contributed by atoms with Crippen LogP contribution in [0.4, 0.5) is 0 Å². The van der Waals surface area contributed by atoms with Gasteiger partial charge in [-0.1, -0.05) is 6.07 Å². The van der Waals surface area contributed by atoms with Crippen LogP contribution < -0.4 is 5.32 Å². The van der Waals surface area contributed by atoms with E-state index in [4.69, 9.17) is 0 Å². The number of hydrogen-bond acceptors (Lipinski definition) is 4. The van der Waals surface area contributed by atoms with Gasteiger partial charge >= 0.3 is 0 Å². The molecule has 1 aromatic rings. The van der Waals surface area contributed by atoms with Crippen molar-refractivity contribution in [1.29, 1.82) is 0 Å². The van der Waals surface area contributed by atoms with Gasteiger partial charge in [0.1, 0.15) is 5.75 Å². The summed E-state index contributed by atoms with van der Waals surface area (Å²) in [6.45, 7) is 3.55. The summed E-state index contributed by atoms with van der Waals surface area (Å²) in [6.07, 6.45) is 1.90. The normalized spacial score (nSPS) is 14.0. The fourth-order valence-corrected chi connectivity index (χ4v) is 2.32. The van der Waals surface area contributed by atoms with E-state index in [9.17, 15) is 15.0 Å². The molecule has 0 radical (unpaired) electrons. The Bertz CT molecular complexity index is 432. The molecule has 100 valence electrons.